The van der Waals surface area contributed by atoms with Crippen LogP contribution in [-0.4, -0.2) is 49.3 Å². The van der Waals surface area contributed by atoms with Gasteiger partial charge in [-0.15, -0.1) is 22.9 Å². The summed E-state index contributed by atoms with van der Waals surface area (Å²) in [4.78, 5) is 3.57. The van der Waals surface area contributed by atoms with Crippen molar-refractivity contribution in [2.75, 3.05) is 19.6 Å². The van der Waals surface area contributed by atoms with Crippen molar-refractivity contribution >= 4 is 33.0 Å². The predicted octanol–water partition coefficient (Wildman–Crippen LogP) is 2.34. The molecule has 1 aromatic heterocycles. The molecule has 112 valence electrons. The first kappa shape index (κ1) is 14.8. The smallest absolute Gasteiger partial charge is 0.244 e. The molecule has 0 N–H and O–H groups in total. The van der Waals surface area contributed by atoms with Crippen molar-refractivity contribution in [2.24, 2.45) is 0 Å². The number of alkyl halides is 1. The van der Waals surface area contributed by atoms with E-state index in [1.54, 1.807) is 15.8 Å². The first-order chi connectivity index (χ1) is 9.54. The lowest BCUT2D eigenvalue weighted by Crippen LogP contribution is -2.56. The van der Waals surface area contributed by atoms with E-state index in [4.69, 9.17) is 11.6 Å². The van der Waals surface area contributed by atoms with Gasteiger partial charge in [-0.05, 0) is 37.8 Å². The lowest BCUT2D eigenvalue weighted by atomic mass is 10.1. The molecule has 2 saturated heterocycles. The van der Waals surface area contributed by atoms with Gasteiger partial charge in [0.2, 0.25) is 10.0 Å². The van der Waals surface area contributed by atoms with E-state index in [2.05, 4.69) is 4.90 Å². The van der Waals surface area contributed by atoms with E-state index in [-0.39, 0.29) is 11.9 Å². The van der Waals surface area contributed by atoms with Gasteiger partial charge in [0.1, 0.15) is 0 Å². The molecule has 2 aliphatic heterocycles. The minimum atomic E-state index is -3.42. The van der Waals surface area contributed by atoms with Crippen LogP contribution in [0, 0.1) is 0 Å². The fourth-order valence-corrected chi connectivity index (χ4v) is 6.61. The number of halogens is 1. The number of sulfonamides is 1. The number of thiophene rings is 1. The highest BCUT2D eigenvalue weighted by Crippen LogP contribution is 2.32. The largest absolute Gasteiger partial charge is 0.297 e. The summed E-state index contributed by atoms with van der Waals surface area (Å²) in [5.41, 5.74) is 0. The Morgan fingerprint density at radius 3 is 3.00 bits per heavy atom. The second-order valence-electron chi connectivity index (χ2n) is 5.56. The number of piperazine rings is 1. The monoisotopic (exact) mass is 334 g/mol. The van der Waals surface area contributed by atoms with Gasteiger partial charge >= 0.3 is 0 Å². The Morgan fingerprint density at radius 2 is 2.25 bits per heavy atom. The van der Waals surface area contributed by atoms with Crippen LogP contribution in [0.15, 0.2) is 16.3 Å². The van der Waals surface area contributed by atoms with E-state index in [1.807, 2.05) is 6.92 Å². The summed E-state index contributed by atoms with van der Waals surface area (Å²) >= 11 is 7.28. The number of fused-ring (bicyclic) bond motifs is 1. The molecule has 3 heterocycles. The van der Waals surface area contributed by atoms with Gasteiger partial charge in [0.25, 0.3) is 0 Å². The van der Waals surface area contributed by atoms with Crippen molar-refractivity contribution < 1.29 is 8.42 Å². The van der Waals surface area contributed by atoms with Crippen LogP contribution in [0.1, 0.15) is 24.6 Å². The van der Waals surface area contributed by atoms with Gasteiger partial charge in [-0.1, -0.05) is 0 Å². The van der Waals surface area contributed by atoms with E-state index < -0.39 is 10.0 Å². The minimum absolute atomic E-state index is 0.0254. The number of nitrogens with zero attached hydrogens (tertiary/aromatic N) is 2. The van der Waals surface area contributed by atoms with Gasteiger partial charge in [-0.25, -0.2) is 8.42 Å². The van der Waals surface area contributed by atoms with Crippen LogP contribution in [-0.2, 0) is 15.9 Å². The molecule has 0 spiro atoms. The zero-order valence-corrected chi connectivity index (χ0v) is 13.8. The lowest BCUT2D eigenvalue weighted by Gasteiger charge is -2.41. The van der Waals surface area contributed by atoms with Gasteiger partial charge < -0.3 is 0 Å². The molecule has 3 rings (SSSR count). The van der Waals surface area contributed by atoms with E-state index in [1.165, 1.54) is 17.8 Å². The van der Waals surface area contributed by atoms with Gasteiger partial charge in [0, 0.05) is 30.1 Å². The molecule has 0 bridgehead atoms. The maximum absolute atomic E-state index is 12.9. The van der Waals surface area contributed by atoms with Gasteiger partial charge in [0.15, 0.2) is 0 Å². The molecule has 7 heteroatoms. The highest BCUT2D eigenvalue weighted by Gasteiger charge is 2.40. The normalized spacial score (nSPS) is 28.7. The van der Waals surface area contributed by atoms with E-state index in [0.29, 0.717) is 17.5 Å². The third-order valence-electron chi connectivity index (χ3n) is 4.29. The second kappa shape index (κ2) is 5.57. The highest BCUT2D eigenvalue weighted by molar-refractivity contribution is 7.89. The minimum Gasteiger partial charge on any atom is -0.297 e. The van der Waals surface area contributed by atoms with Crippen molar-refractivity contribution in [3.8, 4) is 0 Å². The van der Waals surface area contributed by atoms with E-state index >= 15 is 0 Å². The Balaban J connectivity index is 1.91. The molecule has 0 aliphatic carbocycles. The molecule has 1 aromatic rings. The highest BCUT2D eigenvalue weighted by atomic mass is 35.5. The van der Waals surface area contributed by atoms with Crippen molar-refractivity contribution in [3.63, 3.8) is 0 Å². The zero-order valence-electron chi connectivity index (χ0n) is 11.5. The number of hydrogen-bond donors (Lipinski definition) is 0. The molecule has 2 aliphatic rings. The number of rotatable bonds is 3. The molecular weight excluding hydrogens is 316 g/mol. The average molecular weight is 335 g/mol. The first-order valence-electron chi connectivity index (χ1n) is 6.92. The third kappa shape index (κ3) is 2.41. The summed E-state index contributed by atoms with van der Waals surface area (Å²) in [6.45, 7) is 4.55. The fraction of sp³-hybridized carbons (Fsp3) is 0.692. The van der Waals surface area contributed by atoms with Gasteiger partial charge in [-0.2, -0.15) is 4.31 Å². The van der Waals surface area contributed by atoms with Crippen molar-refractivity contribution in [2.45, 2.75) is 42.6 Å². The third-order valence-corrected chi connectivity index (χ3v) is 7.83. The average Bonchev–Trinajstić information content (AvgIpc) is 3.05. The van der Waals surface area contributed by atoms with Crippen LogP contribution < -0.4 is 0 Å². The summed E-state index contributed by atoms with van der Waals surface area (Å²) in [6.07, 6.45) is 2.28. The lowest BCUT2D eigenvalue weighted by molar-refractivity contribution is 0.117. The number of hydrogen-bond acceptors (Lipinski definition) is 4. The fourth-order valence-electron chi connectivity index (χ4n) is 3.28. The SMILES string of the molecule is CC1CN2CCCC2CN1S(=O)(=O)c1ccsc1CCl. The Bertz CT molecular complexity index is 587. The van der Waals surface area contributed by atoms with E-state index in [0.717, 1.165) is 24.4 Å². The maximum atomic E-state index is 12.9. The topological polar surface area (TPSA) is 40.6 Å². The summed E-state index contributed by atoms with van der Waals surface area (Å²) in [5.74, 6) is 0.254. The van der Waals surface area contributed by atoms with Crippen LogP contribution in [0.2, 0.25) is 0 Å². The Kier molecular flexibility index (Phi) is 4.12. The Labute approximate surface area is 129 Å². The van der Waals surface area contributed by atoms with Crippen LogP contribution in [0.4, 0.5) is 0 Å². The Hall–Kier alpha value is -0.140. The van der Waals surface area contributed by atoms with Crippen LogP contribution in [0.3, 0.4) is 0 Å². The molecule has 0 saturated carbocycles. The quantitative estimate of drug-likeness (QED) is 0.797. The molecule has 20 heavy (non-hydrogen) atoms. The molecule has 2 atom stereocenters. The molecule has 2 unspecified atom stereocenters. The predicted molar refractivity (Wildman–Crippen MR) is 81.8 cm³/mol. The maximum Gasteiger partial charge on any atom is 0.244 e. The van der Waals surface area contributed by atoms with Crippen molar-refractivity contribution in [1.82, 2.24) is 9.21 Å². The molecule has 0 radical (unpaired) electrons. The van der Waals surface area contributed by atoms with Crippen molar-refractivity contribution in [3.05, 3.63) is 16.3 Å². The summed E-state index contributed by atoms with van der Waals surface area (Å²) in [5, 5.41) is 1.81. The molecular formula is C13H19ClN2O2S2. The van der Waals surface area contributed by atoms with Crippen LogP contribution in [0.5, 0.6) is 0 Å². The molecule has 0 amide bonds. The standard InChI is InChI=1S/C13H19ClN2O2S2/c1-10-8-15-5-2-3-11(15)9-16(10)20(17,18)13-4-6-19-12(13)7-14/h4,6,10-11H,2-3,5,7-9H2,1H3. The van der Waals surface area contributed by atoms with E-state index in [9.17, 15) is 8.42 Å². The molecule has 4 nitrogen and oxygen atoms in total. The van der Waals surface area contributed by atoms with Crippen molar-refractivity contribution in [1.29, 1.82) is 0 Å². The summed E-state index contributed by atoms with van der Waals surface area (Å²) < 4.78 is 27.4. The zero-order chi connectivity index (χ0) is 14.3. The second-order valence-corrected chi connectivity index (χ2v) is 8.68. The Morgan fingerprint density at radius 1 is 1.45 bits per heavy atom. The van der Waals surface area contributed by atoms with Crippen LogP contribution >= 0.6 is 22.9 Å². The first-order valence-corrected chi connectivity index (χ1v) is 9.77. The summed E-state index contributed by atoms with van der Waals surface area (Å²) in [7, 11) is -3.42. The molecule has 0 aromatic carbocycles. The summed E-state index contributed by atoms with van der Waals surface area (Å²) in [6, 6.07) is 2.10. The van der Waals surface area contributed by atoms with Gasteiger partial charge in [-0.3, -0.25) is 4.90 Å². The van der Waals surface area contributed by atoms with Gasteiger partial charge in [0.05, 0.1) is 10.8 Å². The van der Waals surface area contributed by atoms with Crippen LogP contribution in [0.25, 0.3) is 0 Å². The molecule has 2 fully saturated rings.